The van der Waals surface area contributed by atoms with Crippen molar-refractivity contribution in [3.05, 3.63) is 60.0 Å². The molecule has 2 aliphatic rings. The van der Waals surface area contributed by atoms with Crippen LogP contribution < -0.4 is 9.64 Å². The van der Waals surface area contributed by atoms with Gasteiger partial charge in [0.05, 0.1) is 5.39 Å². The van der Waals surface area contributed by atoms with Gasteiger partial charge in [-0.3, -0.25) is 0 Å². The van der Waals surface area contributed by atoms with Crippen molar-refractivity contribution in [3.8, 4) is 17.4 Å². The summed E-state index contributed by atoms with van der Waals surface area (Å²) in [5.41, 5.74) is 3.55. The number of aryl methyl sites for hydroxylation is 1. The summed E-state index contributed by atoms with van der Waals surface area (Å²) in [7, 11) is 0. The van der Waals surface area contributed by atoms with E-state index in [1.807, 2.05) is 24.3 Å². The third-order valence-corrected chi connectivity index (χ3v) is 7.08. The van der Waals surface area contributed by atoms with Gasteiger partial charge in [-0.05, 0) is 43.0 Å². The molecule has 2 aliphatic heterocycles. The Bertz CT molecular complexity index is 1310. The van der Waals surface area contributed by atoms with Gasteiger partial charge in [0.15, 0.2) is 5.76 Å². The first-order chi connectivity index (χ1) is 17.1. The molecule has 4 aromatic rings. The molecule has 0 bridgehead atoms. The van der Waals surface area contributed by atoms with Crippen LogP contribution in [0.3, 0.4) is 0 Å². The Balaban J connectivity index is 1.03. The number of aromatic nitrogens is 2. The number of para-hydroxylation sites is 1. The number of ether oxygens (including phenoxy) is 1. The van der Waals surface area contributed by atoms with Crippen molar-refractivity contribution in [2.75, 3.05) is 37.7 Å². The lowest BCUT2D eigenvalue weighted by Crippen LogP contribution is -2.47. The number of hydrogen-bond acceptors (Lipinski definition) is 8. The van der Waals surface area contributed by atoms with Crippen molar-refractivity contribution in [1.29, 1.82) is 0 Å². The minimum atomic E-state index is -0.570. The first-order valence-electron chi connectivity index (χ1n) is 12.3. The minimum Gasteiger partial charge on any atom is -0.490 e. The topological polar surface area (TPSA) is 88.0 Å². The number of hydrogen-bond donors (Lipinski definition) is 1. The molecule has 182 valence electrons. The molecule has 1 fully saturated rings. The Morgan fingerprint density at radius 2 is 1.91 bits per heavy atom. The number of fused-ring (bicyclic) bond motifs is 2. The fourth-order valence-corrected chi connectivity index (χ4v) is 5.35. The normalized spacial score (nSPS) is 17.7. The lowest BCUT2D eigenvalue weighted by molar-refractivity contribution is 0.0598. The molecule has 0 radical (unpaired) electrons. The number of nitrogens with zero attached hydrogens (tertiary/aromatic N) is 4. The summed E-state index contributed by atoms with van der Waals surface area (Å²) in [6.45, 7) is 5.67. The van der Waals surface area contributed by atoms with Gasteiger partial charge in [0.2, 0.25) is 5.89 Å². The molecule has 2 aromatic heterocycles. The highest BCUT2D eigenvalue weighted by atomic mass is 16.5. The van der Waals surface area contributed by atoms with Gasteiger partial charge in [0.25, 0.3) is 5.89 Å². The fourth-order valence-electron chi connectivity index (χ4n) is 5.35. The smallest absolute Gasteiger partial charge is 0.283 e. The van der Waals surface area contributed by atoms with Gasteiger partial charge in [-0.15, -0.1) is 10.2 Å². The van der Waals surface area contributed by atoms with Crippen LogP contribution in [0, 0.1) is 6.92 Å². The summed E-state index contributed by atoms with van der Waals surface area (Å²) >= 11 is 0. The van der Waals surface area contributed by atoms with Crippen LogP contribution in [0.4, 0.5) is 5.69 Å². The summed E-state index contributed by atoms with van der Waals surface area (Å²) in [5, 5.41) is 19.4. The number of likely N-dealkylation sites (tertiary alicyclic amines) is 1. The monoisotopic (exact) mass is 474 g/mol. The SMILES string of the molecule is Cc1nnc(-c2cc3c(OCC(O)CN4CCC(N5CCc6ccccc65)CC4)cccc3o2)o1. The molecule has 0 aliphatic carbocycles. The van der Waals surface area contributed by atoms with Crippen LogP contribution in [0.15, 0.2) is 57.4 Å². The maximum atomic E-state index is 10.7. The first-order valence-corrected chi connectivity index (χ1v) is 12.3. The quantitative estimate of drug-likeness (QED) is 0.429. The average molecular weight is 475 g/mol. The Morgan fingerprint density at radius 1 is 1.06 bits per heavy atom. The minimum absolute atomic E-state index is 0.221. The molecule has 1 atom stereocenters. The van der Waals surface area contributed by atoms with E-state index in [-0.39, 0.29) is 6.61 Å². The molecule has 6 rings (SSSR count). The Morgan fingerprint density at radius 3 is 2.74 bits per heavy atom. The van der Waals surface area contributed by atoms with Crippen LogP contribution >= 0.6 is 0 Å². The third-order valence-electron chi connectivity index (χ3n) is 7.08. The number of piperidine rings is 1. The van der Waals surface area contributed by atoms with Gasteiger partial charge in [-0.25, -0.2) is 0 Å². The van der Waals surface area contributed by atoms with Crippen LogP contribution in [0.25, 0.3) is 22.6 Å². The Labute approximate surface area is 204 Å². The maximum absolute atomic E-state index is 10.7. The number of furan rings is 1. The molecule has 1 N–H and O–H groups in total. The van der Waals surface area contributed by atoms with Crippen LogP contribution in [0.2, 0.25) is 0 Å². The molecule has 8 nitrogen and oxygen atoms in total. The average Bonchev–Trinajstić information content (AvgIpc) is 3.61. The highest BCUT2D eigenvalue weighted by molar-refractivity contribution is 5.87. The van der Waals surface area contributed by atoms with Crippen LogP contribution in [-0.2, 0) is 6.42 Å². The summed E-state index contributed by atoms with van der Waals surface area (Å²) in [4.78, 5) is 4.93. The van der Waals surface area contributed by atoms with E-state index < -0.39 is 6.10 Å². The third kappa shape index (κ3) is 4.51. The largest absolute Gasteiger partial charge is 0.490 e. The number of anilines is 1. The van der Waals surface area contributed by atoms with Gasteiger partial charge in [0, 0.05) is 50.9 Å². The molecule has 35 heavy (non-hydrogen) atoms. The molecular weight excluding hydrogens is 444 g/mol. The molecular formula is C27H30N4O4. The summed E-state index contributed by atoms with van der Waals surface area (Å²) in [6.07, 6.45) is 2.81. The predicted octanol–water partition coefficient (Wildman–Crippen LogP) is 4.06. The van der Waals surface area contributed by atoms with Crippen molar-refractivity contribution < 1.29 is 18.7 Å². The van der Waals surface area contributed by atoms with E-state index in [4.69, 9.17) is 13.6 Å². The molecule has 2 aromatic carbocycles. The second-order valence-corrected chi connectivity index (χ2v) is 9.47. The zero-order chi connectivity index (χ0) is 23.8. The standard InChI is InChI=1S/C27H30N4O4/c1-18-28-29-27(34-18)26-15-22-24(7-4-8-25(22)35-26)33-17-21(32)16-30-12-10-20(11-13-30)31-14-9-19-5-2-3-6-23(19)31/h2-8,15,20-21,32H,9-14,16-17H2,1H3. The van der Waals surface area contributed by atoms with Crippen molar-refractivity contribution in [2.45, 2.75) is 38.3 Å². The lowest BCUT2D eigenvalue weighted by atomic mass is 10.0. The Hall–Kier alpha value is -3.36. The zero-order valence-electron chi connectivity index (χ0n) is 19.9. The molecule has 4 heterocycles. The van der Waals surface area contributed by atoms with E-state index in [1.54, 1.807) is 6.92 Å². The van der Waals surface area contributed by atoms with E-state index in [2.05, 4.69) is 44.3 Å². The van der Waals surface area contributed by atoms with Crippen molar-refractivity contribution in [1.82, 2.24) is 15.1 Å². The summed E-state index contributed by atoms with van der Waals surface area (Å²) < 4.78 is 17.3. The molecule has 0 spiro atoms. The molecule has 0 saturated carbocycles. The fraction of sp³-hybridized carbons (Fsp3) is 0.407. The number of rotatable bonds is 7. The summed E-state index contributed by atoms with van der Waals surface area (Å²) in [6, 6.07) is 16.8. The van der Waals surface area contributed by atoms with Crippen molar-refractivity contribution in [3.63, 3.8) is 0 Å². The highest BCUT2D eigenvalue weighted by Crippen LogP contribution is 2.34. The second kappa shape index (κ2) is 9.36. The van der Waals surface area contributed by atoms with Crippen LogP contribution in [0.5, 0.6) is 5.75 Å². The van der Waals surface area contributed by atoms with E-state index in [9.17, 15) is 5.11 Å². The lowest BCUT2D eigenvalue weighted by Gasteiger charge is -2.38. The van der Waals surface area contributed by atoms with Gasteiger partial charge in [0.1, 0.15) is 24.0 Å². The van der Waals surface area contributed by atoms with Gasteiger partial charge < -0.3 is 28.5 Å². The zero-order valence-corrected chi connectivity index (χ0v) is 19.9. The van der Waals surface area contributed by atoms with Crippen LogP contribution in [-0.4, -0.2) is 65.1 Å². The second-order valence-electron chi connectivity index (χ2n) is 9.47. The van der Waals surface area contributed by atoms with Crippen molar-refractivity contribution in [2.24, 2.45) is 0 Å². The number of β-amino-alcohol motifs (C(OH)–C–C–N with tert-alkyl or cyclic N) is 1. The van der Waals surface area contributed by atoms with E-state index in [1.165, 1.54) is 11.3 Å². The number of aliphatic hydroxyl groups is 1. The Kier molecular flexibility index (Phi) is 5.91. The predicted molar refractivity (Wildman–Crippen MR) is 133 cm³/mol. The molecule has 0 amide bonds. The maximum Gasteiger partial charge on any atom is 0.283 e. The van der Waals surface area contributed by atoms with E-state index in [0.717, 1.165) is 44.3 Å². The van der Waals surface area contributed by atoms with E-state index in [0.29, 0.717) is 41.5 Å². The van der Waals surface area contributed by atoms with Gasteiger partial charge in [-0.2, -0.15) is 0 Å². The van der Waals surface area contributed by atoms with Gasteiger partial charge in [-0.1, -0.05) is 24.3 Å². The number of benzene rings is 2. The molecule has 1 saturated heterocycles. The molecule has 8 heteroatoms. The van der Waals surface area contributed by atoms with E-state index >= 15 is 0 Å². The van der Waals surface area contributed by atoms with Crippen LogP contribution in [0.1, 0.15) is 24.3 Å². The molecule has 1 unspecified atom stereocenters. The summed E-state index contributed by atoms with van der Waals surface area (Å²) in [5.74, 6) is 1.99. The first kappa shape index (κ1) is 22.1. The number of aliphatic hydroxyl groups excluding tert-OH is 1. The highest BCUT2D eigenvalue weighted by Gasteiger charge is 2.29. The van der Waals surface area contributed by atoms with Gasteiger partial charge >= 0.3 is 0 Å². The van der Waals surface area contributed by atoms with Crippen molar-refractivity contribution >= 4 is 16.7 Å².